The van der Waals surface area contributed by atoms with E-state index in [1.165, 1.54) is 0 Å². The molecule has 0 bridgehead atoms. The quantitative estimate of drug-likeness (QED) is 0.579. The number of hydrogen-bond donors (Lipinski definition) is 1. The topological polar surface area (TPSA) is 87.7 Å². The summed E-state index contributed by atoms with van der Waals surface area (Å²) >= 11 is 1.65. The summed E-state index contributed by atoms with van der Waals surface area (Å²) in [6.07, 6.45) is 1.60. The average Bonchev–Trinajstić information content (AvgIpc) is 3.16. The number of methoxy groups -OCH3 is 1. The fraction of sp³-hybridized carbons (Fsp3) is 0.429. The van der Waals surface area contributed by atoms with Crippen LogP contribution in [0.1, 0.15) is 12.5 Å². The van der Waals surface area contributed by atoms with E-state index in [0.29, 0.717) is 36.8 Å². The third kappa shape index (κ3) is 4.67. The predicted octanol–water partition coefficient (Wildman–Crippen LogP) is 2.82. The molecule has 3 aromatic rings. The number of anilines is 1. The molecule has 0 amide bonds. The Kier molecular flexibility index (Phi) is 6.42. The number of nitrogens with zero attached hydrogens (tertiary/aromatic N) is 4. The van der Waals surface area contributed by atoms with Gasteiger partial charge in [-0.15, -0.1) is 11.3 Å². The van der Waals surface area contributed by atoms with Gasteiger partial charge in [0.1, 0.15) is 17.9 Å². The summed E-state index contributed by atoms with van der Waals surface area (Å²) in [7, 11) is -1.93. The second kappa shape index (κ2) is 9.07. The molecule has 2 aromatic heterocycles. The van der Waals surface area contributed by atoms with Crippen LogP contribution in [0.5, 0.6) is 5.75 Å². The second-order valence-electron chi connectivity index (χ2n) is 7.74. The monoisotopic (exact) mass is 461 g/mol. The maximum Gasteiger partial charge on any atom is 0.243 e. The molecule has 8 nitrogen and oxygen atoms in total. The van der Waals surface area contributed by atoms with Crippen molar-refractivity contribution in [2.24, 2.45) is 0 Å². The number of aryl methyl sites for hydroxylation is 1. The Morgan fingerprint density at radius 1 is 1.16 bits per heavy atom. The van der Waals surface area contributed by atoms with Crippen LogP contribution >= 0.6 is 11.3 Å². The molecule has 1 saturated heterocycles. The Bertz CT molecular complexity index is 1140. The molecule has 166 valence electrons. The van der Waals surface area contributed by atoms with Gasteiger partial charge in [0.2, 0.25) is 10.0 Å². The van der Waals surface area contributed by atoms with E-state index in [1.807, 2.05) is 0 Å². The van der Waals surface area contributed by atoms with Gasteiger partial charge in [-0.25, -0.2) is 18.4 Å². The number of thiophene rings is 1. The van der Waals surface area contributed by atoms with E-state index >= 15 is 0 Å². The lowest BCUT2D eigenvalue weighted by Gasteiger charge is -2.35. The van der Waals surface area contributed by atoms with Gasteiger partial charge in [-0.1, -0.05) is 0 Å². The number of rotatable bonds is 7. The van der Waals surface area contributed by atoms with Crippen molar-refractivity contribution in [3.8, 4) is 5.75 Å². The first-order valence-electron chi connectivity index (χ1n) is 10.2. The number of sulfonamides is 1. The number of aromatic nitrogens is 2. The Morgan fingerprint density at radius 2 is 1.87 bits per heavy atom. The number of hydrogen-bond acceptors (Lipinski definition) is 8. The van der Waals surface area contributed by atoms with Gasteiger partial charge in [-0.3, -0.25) is 4.90 Å². The largest absolute Gasteiger partial charge is 0.497 e. The minimum atomic E-state index is -3.49. The Hall–Kier alpha value is -2.27. The highest BCUT2D eigenvalue weighted by molar-refractivity contribution is 7.89. The van der Waals surface area contributed by atoms with Crippen molar-refractivity contribution in [1.82, 2.24) is 19.2 Å². The van der Waals surface area contributed by atoms with Gasteiger partial charge in [0, 0.05) is 38.8 Å². The highest BCUT2D eigenvalue weighted by atomic mass is 32.2. The summed E-state index contributed by atoms with van der Waals surface area (Å²) in [5.74, 6) is 1.50. The third-order valence-corrected chi connectivity index (χ3v) is 8.48. The van der Waals surface area contributed by atoms with Crippen LogP contribution in [0.2, 0.25) is 0 Å². The van der Waals surface area contributed by atoms with Gasteiger partial charge < -0.3 is 10.1 Å². The first-order valence-corrected chi connectivity index (χ1v) is 12.5. The minimum Gasteiger partial charge on any atom is -0.497 e. The van der Waals surface area contributed by atoms with Crippen LogP contribution in [-0.2, 0) is 10.0 Å². The van der Waals surface area contributed by atoms with Crippen LogP contribution in [-0.4, -0.2) is 73.5 Å². The molecule has 0 radical (unpaired) electrons. The van der Waals surface area contributed by atoms with Crippen molar-refractivity contribution in [2.45, 2.75) is 24.8 Å². The third-order valence-electron chi connectivity index (χ3n) is 5.47. The van der Waals surface area contributed by atoms with E-state index < -0.39 is 10.0 Å². The van der Waals surface area contributed by atoms with Crippen LogP contribution in [0, 0.1) is 6.92 Å². The molecular weight excluding hydrogens is 434 g/mol. The maximum atomic E-state index is 12.9. The molecule has 0 saturated carbocycles. The number of fused-ring (bicyclic) bond motifs is 1. The molecule has 1 atom stereocenters. The molecule has 3 heterocycles. The van der Waals surface area contributed by atoms with Crippen molar-refractivity contribution in [1.29, 1.82) is 0 Å². The van der Waals surface area contributed by atoms with Crippen molar-refractivity contribution in [3.63, 3.8) is 0 Å². The van der Waals surface area contributed by atoms with Gasteiger partial charge in [-0.05, 0) is 49.1 Å². The summed E-state index contributed by atoms with van der Waals surface area (Å²) in [4.78, 5) is 11.4. The van der Waals surface area contributed by atoms with Gasteiger partial charge >= 0.3 is 0 Å². The summed E-state index contributed by atoms with van der Waals surface area (Å²) in [5.41, 5.74) is 2.15. The number of benzene rings is 1. The lowest BCUT2D eigenvalue weighted by atomic mass is 10.2. The number of piperazine rings is 1. The van der Waals surface area contributed by atoms with Crippen LogP contribution in [0.4, 0.5) is 5.82 Å². The fourth-order valence-electron chi connectivity index (χ4n) is 3.79. The predicted molar refractivity (Wildman–Crippen MR) is 123 cm³/mol. The van der Waals surface area contributed by atoms with Gasteiger partial charge in [0.05, 0.1) is 22.2 Å². The average molecular weight is 462 g/mol. The molecule has 1 aromatic carbocycles. The van der Waals surface area contributed by atoms with Crippen LogP contribution < -0.4 is 10.1 Å². The normalized spacial score (nSPS) is 17.0. The summed E-state index contributed by atoms with van der Waals surface area (Å²) in [6.45, 7) is 7.32. The summed E-state index contributed by atoms with van der Waals surface area (Å²) < 4.78 is 33.6. The van der Waals surface area contributed by atoms with Crippen LogP contribution in [0.25, 0.3) is 10.2 Å². The molecule has 0 unspecified atom stereocenters. The highest BCUT2D eigenvalue weighted by Gasteiger charge is 2.29. The molecule has 10 heteroatoms. The van der Waals surface area contributed by atoms with E-state index in [1.54, 1.807) is 53.3 Å². The lowest BCUT2D eigenvalue weighted by molar-refractivity contribution is 0.184. The smallest absolute Gasteiger partial charge is 0.243 e. The summed E-state index contributed by atoms with van der Waals surface area (Å²) in [5, 5.41) is 5.59. The second-order valence-corrected chi connectivity index (χ2v) is 10.6. The maximum absolute atomic E-state index is 12.9. The molecule has 0 aliphatic carbocycles. The molecule has 1 aliphatic rings. The SMILES string of the molecule is COc1ccc(S(=O)(=O)N2CCN(C[C@H](C)Nc3ncnc4c(C)csc34)CC2)cc1. The molecule has 1 fully saturated rings. The lowest BCUT2D eigenvalue weighted by Crippen LogP contribution is -2.50. The van der Waals surface area contributed by atoms with Crippen LogP contribution in [0.3, 0.4) is 0 Å². The first-order chi connectivity index (χ1) is 14.9. The zero-order valence-corrected chi connectivity index (χ0v) is 19.5. The Morgan fingerprint density at radius 3 is 2.55 bits per heavy atom. The van der Waals surface area contributed by atoms with Crippen molar-refractivity contribution in [3.05, 3.63) is 41.5 Å². The summed E-state index contributed by atoms with van der Waals surface area (Å²) in [6, 6.07) is 6.72. The van der Waals surface area contributed by atoms with E-state index in [-0.39, 0.29) is 6.04 Å². The molecular formula is C21H27N5O3S2. The number of ether oxygens (including phenoxy) is 1. The van der Waals surface area contributed by atoms with Crippen molar-refractivity contribution < 1.29 is 13.2 Å². The zero-order valence-electron chi connectivity index (χ0n) is 17.9. The van der Waals surface area contributed by atoms with E-state index in [2.05, 4.69) is 39.4 Å². The number of nitrogens with one attached hydrogen (secondary N) is 1. The molecule has 31 heavy (non-hydrogen) atoms. The van der Waals surface area contributed by atoms with E-state index in [0.717, 1.165) is 28.1 Å². The molecule has 4 rings (SSSR count). The van der Waals surface area contributed by atoms with Crippen molar-refractivity contribution >= 4 is 37.4 Å². The first kappa shape index (κ1) is 21.9. The Labute approximate surface area is 186 Å². The molecule has 1 aliphatic heterocycles. The van der Waals surface area contributed by atoms with Crippen molar-refractivity contribution in [2.75, 3.05) is 45.2 Å². The molecule has 1 N–H and O–H groups in total. The zero-order chi connectivity index (χ0) is 22.0. The van der Waals surface area contributed by atoms with Gasteiger partial charge in [-0.2, -0.15) is 4.31 Å². The highest BCUT2D eigenvalue weighted by Crippen LogP contribution is 2.29. The fourth-order valence-corrected chi connectivity index (χ4v) is 6.16. The standard InChI is InChI=1S/C21H27N5O3S2/c1-15-13-30-20-19(15)22-14-23-21(20)24-16(2)12-25-8-10-26(11-9-25)31(27,28)18-6-4-17(29-3)5-7-18/h4-7,13-14,16H,8-12H2,1-3H3,(H,22,23,24)/t16-/m0/s1. The minimum absolute atomic E-state index is 0.172. The van der Waals surface area contributed by atoms with Gasteiger partial charge in [0.25, 0.3) is 0 Å². The van der Waals surface area contributed by atoms with E-state index in [4.69, 9.17) is 4.74 Å². The van der Waals surface area contributed by atoms with Crippen LogP contribution in [0.15, 0.2) is 40.9 Å². The van der Waals surface area contributed by atoms with Gasteiger partial charge in [0.15, 0.2) is 0 Å². The molecule has 0 spiro atoms. The Balaban J connectivity index is 1.34. The van der Waals surface area contributed by atoms with E-state index in [9.17, 15) is 8.42 Å².